The third kappa shape index (κ3) is 5.42. The number of rotatable bonds is 5. The smallest absolute Gasteiger partial charge is 0.330 e. The normalized spacial score (nSPS) is 13.5. The average molecular weight is 186 g/mol. The van der Waals surface area contributed by atoms with E-state index < -0.39 is 0 Å². The highest BCUT2D eigenvalue weighted by molar-refractivity contribution is 5.81. The molecule has 0 aromatic carbocycles. The molecule has 0 saturated heterocycles. The fourth-order valence-electron chi connectivity index (χ4n) is 1.11. The Bertz CT molecular complexity index is 187. The van der Waals surface area contributed by atoms with Crippen molar-refractivity contribution >= 4 is 5.97 Å². The molecule has 0 N–H and O–H groups in total. The lowest BCUT2D eigenvalue weighted by Gasteiger charge is -2.30. The van der Waals surface area contributed by atoms with Crippen molar-refractivity contribution in [3.8, 4) is 0 Å². The fraction of sp³-hybridized carbons (Fsp3) is 0.700. The molecule has 13 heavy (non-hydrogen) atoms. The van der Waals surface area contributed by atoms with E-state index in [2.05, 4.69) is 27.6 Å². The molecule has 1 unspecified atom stereocenters. The first kappa shape index (κ1) is 12.2. The Labute approximate surface area is 80.6 Å². The summed E-state index contributed by atoms with van der Waals surface area (Å²) in [6, 6.07) is 0. The summed E-state index contributed by atoms with van der Waals surface area (Å²) in [5.74, 6) is -0.344. The Morgan fingerprint density at radius 3 is 2.54 bits per heavy atom. The van der Waals surface area contributed by atoms with Crippen molar-refractivity contribution in [3.63, 3.8) is 0 Å². The Kier molecular flexibility index (Phi) is 4.70. The first-order valence-electron chi connectivity index (χ1n) is 4.56. The van der Waals surface area contributed by atoms with Crippen LogP contribution in [-0.2, 0) is 9.53 Å². The Morgan fingerprint density at radius 2 is 2.15 bits per heavy atom. The molecule has 3 heteroatoms. The van der Waals surface area contributed by atoms with Crippen molar-refractivity contribution in [2.45, 2.75) is 20.0 Å². The first-order valence-corrected chi connectivity index (χ1v) is 4.56. The summed E-state index contributed by atoms with van der Waals surface area (Å²) in [6.07, 6.45) is 1.14. The van der Waals surface area contributed by atoms with Gasteiger partial charge in [0.2, 0.25) is 0 Å². The zero-order chi connectivity index (χ0) is 10.5. The highest BCUT2D eigenvalue weighted by Gasteiger charge is 2.18. The van der Waals surface area contributed by atoms with E-state index in [4.69, 9.17) is 4.74 Å². The minimum atomic E-state index is -0.344. The van der Waals surface area contributed by atoms with E-state index >= 15 is 0 Å². The minimum absolute atomic E-state index is 0.0551. The molecule has 0 aliphatic heterocycles. The van der Waals surface area contributed by atoms with Gasteiger partial charge in [0.1, 0.15) is 12.6 Å². The maximum Gasteiger partial charge on any atom is 0.330 e. The highest BCUT2D eigenvalue weighted by Crippen LogP contribution is 2.02. The predicted molar refractivity (Wildman–Crippen MR) is 53.3 cm³/mol. The van der Waals surface area contributed by atoms with Gasteiger partial charge in [0.25, 0.3) is 0 Å². The molecule has 76 valence electrons. The molecule has 0 radical (unpaired) electrons. The Balaban J connectivity index is 3.93. The standard InChI is InChI=1S/C10H20NO2/c1-6-10(12)13-9(3)8-11(4,5)7-2/h6,9H,1,7-8H2,2-5H3/q+1. The first-order chi connectivity index (χ1) is 5.91. The number of likely N-dealkylation sites (N-methyl/N-ethyl adjacent to an activating group) is 1. The van der Waals surface area contributed by atoms with E-state index in [1.807, 2.05) is 6.92 Å². The van der Waals surface area contributed by atoms with E-state index in [0.29, 0.717) is 0 Å². The quantitative estimate of drug-likeness (QED) is 0.366. The second-order valence-electron chi connectivity index (χ2n) is 3.89. The van der Waals surface area contributed by atoms with Crippen LogP contribution in [0.2, 0.25) is 0 Å². The number of esters is 1. The van der Waals surface area contributed by atoms with Gasteiger partial charge < -0.3 is 9.22 Å². The number of hydrogen-bond donors (Lipinski definition) is 0. The van der Waals surface area contributed by atoms with Crippen molar-refractivity contribution in [1.82, 2.24) is 0 Å². The SMILES string of the molecule is C=CC(=O)OC(C)C[N+](C)(C)CC. The van der Waals surface area contributed by atoms with Crippen molar-refractivity contribution in [3.05, 3.63) is 12.7 Å². The van der Waals surface area contributed by atoms with Crippen molar-refractivity contribution in [2.24, 2.45) is 0 Å². The summed E-state index contributed by atoms with van der Waals surface area (Å²) in [5, 5.41) is 0. The molecule has 0 heterocycles. The Hall–Kier alpha value is -0.830. The van der Waals surface area contributed by atoms with Crippen LogP contribution in [0.5, 0.6) is 0 Å². The predicted octanol–water partition coefficient (Wildman–Crippen LogP) is 1.20. The van der Waals surface area contributed by atoms with E-state index in [0.717, 1.165) is 17.6 Å². The van der Waals surface area contributed by atoms with Gasteiger partial charge in [0.15, 0.2) is 0 Å². The number of nitrogens with zero attached hydrogens (tertiary/aromatic N) is 1. The molecule has 0 aliphatic rings. The van der Waals surface area contributed by atoms with E-state index in [9.17, 15) is 4.79 Å². The molecular formula is C10H20NO2+. The molecule has 0 amide bonds. The lowest BCUT2D eigenvalue weighted by molar-refractivity contribution is -0.891. The zero-order valence-electron chi connectivity index (χ0n) is 9.04. The molecule has 0 aliphatic carbocycles. The van der Waals surface area contributed by atoms with Gasteiger partial charge in [-0.15, -0.1) is 0 Å². The lowest BCUT2D eigenvalue weighted by Crippen LogP contribution is -2.45. The minimum Gasteiger partial charge on any atom is -0.454 e. The lowest BCUT2D eigenvalue weighted by atomic mass is 10.3. The molecule has 0 saturated carbocycles. The van der Waals surface area contributed by atoms with Crippen LogP contribution in [0.25, 0.3) is 0 Å². The van der Waals surface area contributed by atoms with Crippen LogP contribution in [0.15, 0.2) is 12.7 Å². The van der Waals surface area contributed by atoms with Gasteiger partial charge >= 0.3 is 5.97 Å². The molecule has 0 spiro atoms. The van der Waals surface area contributed by atoms with Crippen LogP contribution in [-0.4, -0.2) is 43.7 Å². The number of ether oxygens (including phenoxy) is 1. The van der Waals surface area contributed by atoms with Gasteiger partial charge in [0.05, 0.1) is 20.6 Å². The van der Waals surface area contributed by atoms with Crippen LogP contribution in [0, 0.1) is 0 Å². The summed E-state index contributed by atoms with van der Waals surface area (Å²) >= 11 is 0. The molecule has 0 rings (SSSR count). The van der Waals surface area contributed by atoms with E-state index in [1.54, 1.807) is 0 Å². The van der Waals surface area contributed by atoms with Gasteiger partial charge in [-0.25, -0.2) is 4.79 Å². The maximum absolute atomic E-state index is 10.8. The van der Waals surface area contributed by atoms with Gasteiger partial charge in [-0.3, -0.25) is 0 Å². The molecule has 0 bridgehead atoms. The van der Waals surface area contributed by atoms with Crippen LogP contribution in [0.4, 0.5) is 0 Å². The van der Waals surface area contributed by atoms with Crippen molar-refractivity contribution < 1.29 is 14.0 Å². The average Bonchev–Trinajstić information content (AvgIpc) is 2.03. The van der Waals surface area contributed by atoms with Gasteiger partial charge in [0, 0.05) is 6.08 Å². The second-order valence-corrected chi connectivity index (χ2v) is 3.89. The molecule has 0 aromatic rings. The molecule has 1 atom stereocenters. The zero-order valence-corrected chi connectivity index (χ0v) is 9.04. The second kappa shape index (κ2) is 5.02. The monoisotopic (exact) mass is 186 g/mol. The molecular weight excluding hydrogens is 166 g/mol. The third-order valence-corrected chi connectivity index (χ3v) is 2.09. The molecule has 3 nitrogen and oxygen atoms in total. The van der Waals surface area contributed by atoms with Gasteiger partial charge in [-0.2, -0.15) is 0 Å². The largest absolute Gasteiger partial charge is 0.454 e. The molecule has 0 aromatic heterocycles. The van der Waals surface area contributed by atoms with Crippen LogP contribution >= 0.6 is 0 Å². The maximum atomic E-state index is 10.8. The summed E-state index contributed by atoms with van der Waals surface area (Å²) in [6.45, 7) is 9.22. The topological polar surface area (TPSA) is 26.3 Å². The van der Waals surface area contributed by atoms with E-state index in [-0.39, 0.29) is 12.1 Å². The highest BCUT2D eigenvalue weighted by atomic mass is 16.5. The number of carbonyl (C=O) groups is 1. The number of hydrogen-bond acceptors (Lipinski definition) is 2. The number of quaternary nitrogens is 1. The van der Waals surface area contributed by atoms with Gasteiger partial charge in [-0.05, 0) is 13.8 Å². The van der Waals surface area contributed by atoms with Gasteiger partial charge in [-0.1, -0.05) is 6.58 Å². The number of carbonyl (C=O) groups excluding carboxylic acids is 1. The fourth-order valence-corrected chi connectivity index (χ4v) is 1.11. The van der Waals surface area contributed by atoms with Crippen molar-refractivity contribution in [2.75, 3.05) is 27.2 Å². The van der Waals surface area contributed by atoms with E-state index in [1.165, 1.54) is 6.08 Å². The summed E-state index contributed by atoms with van der Waals surface area (Å²) in [7, 11) is 4.22. The molecule has 0 fully saturated rings. The summed E-state index contributed by atoms with van der Waals surface area (Å²) < 4.78 is 5.92. The Morgan fingerprint density at radius 1 is 1.62 bits per heavy atom. The van der Waals surface area contributed by atoms with Crippen LogP contribution in [0.3, 0.4) is 0 Å². The summed E-state index contributed by atoms with van der Waals surface area (Å²) in [4.78, 5) is 10.8. The van der Waals surface area contributed by atoms with Crippen LogP contribution < -0.4 is 0 Å². The summed E-state index contributed by atoms with van der Waals surface area (Å²) in [5.41, 5.74) is 0. The van der Waals surface area contributed by atoms with Crippen molar-refractivity contribution in [1.29, 1.82) is 0 Å². The van der Waals surface area contributed by atoms with Crippen LogP contribution in [0.1, 0.15) is 13.8 Å². The third-order valence-electron chi connectivity index (χ3n) is 2.09.